The van der Waals surface area contributed by atoms with Crippen molar-refractivity contribution in [3.05, 3.63) is 95.6 Å². The summed E-state index contributed by atoms with van der Waals surface area (Å²) in [5.74, 6) is -1.70. The Morgan fingerprint density at radius 1 is 0.793 bits per heavy atom. The summed E-state index contributed by atoms with van der Waals surface area (Å²) in [5.41, 5.74) is 5.51. The molecular formula is C25H22O4. The second kappa shape index (κ2) is 8.31. The number of rotatable bonds is 7. The van der Waals surface area contributed by atoms with Gasteiger partial charge in [0.05, 0.1) is 12.8 Å². The highest BCUT2D eigenvalue weighted by atomic mass is 16.5. The molecule has 0 radical (unpaired) electrons. The summed E-state index contributed by atoms with van der Waals surface area (Å²) in [6.45, 7) is 0.251. The zero-order valence-electron chi connectivity index (χ0n) is 16.0. The van der Waals surface area contributed by atoms with Gasteiger partial charge in [-0.05, 0) is 27.8 Å². The number of carbonyl (C=O) groups is 2. The van der Waals surface area contributed by atoms with E-state index in [-0.39, 0.29) is 31.3 Å². The molecule has 4 rings (SSSR count). The monoisotopic (exact) mass is 386 g/mol. The summed E-state index contributed by atoms with van der Waals surface area (Å²) in [5, 5.41) is 9.23. The molecule has 0 amide bonds. The van der Waals surface area contributed by atoms with Crippen molar-refractivity contribution >= 4 is 11.9 Å². The normalized spacial score (nSPS) is 13.4. The molecule has 0 aromatic heterocycles. The molecule has 4 nitrogen and oxygen atoms in total. The number of ether oxygens (including phenoxy) is 1. The molecule has 1 atom stereocenters. The number of benzene rings is 3. The lowest BCUT2D eigenvalue weighted by Crippen LogP contribution is -2.17. The fraction of sp³-hybridized carbons (Fsp3) is 0.200. The first kappa shape index (κ1) is 18.9. The molecule has 0 spiro atoms. The van der Waals surface area contributed by atoms with E-state index in [4.69, 9.17) is 4.74 Å². The predicted molar refractivity (Wildman–Crippen MR) is 111 cm³/mol. The second-order valence-corrected chi connectivity index (χ2v) is 7.32. The van der Waals surface area contributed by atoms with Crippen LogP contribution in [0.15, 0.2) is 78.9 Å². The van der Waals surface area contributed by atoms with Gasteiger partial charge >= 0.3 is 11.9 Å². The summed E-state index contributed by atoms with van der Waals surface area (Å²) in [6, 6.07) is 25.6. The Labute approximate surface area is 169 Å². The molecule has 146 valence electrons. The molecule has 0 bridgehead atoms. The minimum Gasteiger partial charge on any atom is -0.481 e. The lowest BCUT2D eigenvalue weighted by Gasteiger charge is -2.17. The molecule has 0 saturated carbocycles. The Hall–Kier alpha value is -3.40. The largest absolute Gasteiger partial charge is 0.481 e. The van der Waals surface area contributed by atoms with Crippen LogP contribution >= 0.6 is 0 Å². The van der Waals surface area contributed by atoms with Crippen molar-refractivity contribution in [2.75, 3.05) is 6.61 Å². The van der Waals surface area contributed by atoms with Gasteiger partial charge in [0.2, 0.25) is 0 Å². The summed E-state index contributed by atoms with van der Waals surface area (Å²) in [6.07, 6.45) is -0.0550. The standard InChI is InChI=1S/C25H22O4/c26-24(27)14-18(17-8-2-1-3-9-17)15-25(28)29-16-23-21-12-6-4-10-19(21)20-11-5-7-13-22(20)23/h1-13,18,23H,14-16H2,(H,26,27)/t18-/m1/s1. The van der Waals surface area contributed by atoms with Crippen molar-refractivity contribution in [1.29, 1.82) is 0 Å². The van der Waals surface area contributed by atoms with Gasteiger partial charge in [-0.3, -0.25) is 9.59 Å². The molecule has 29 heavy (non-hydrogen) atoms. The smallest absolute Gasteiger partial charge is 0.306 e. The topological polar surface area (TPSA) is 63.6 Å². The first-order valence-corrected chi connectivity index (χ1v) is 9.74. The highest BCUT2D eigenvalue weighted by Gasteiger charge is 2.29. The van der Waals surface area contributed by atoms with E-state index in [2.05, 4.69) is 24.3 Å². The Morgan fingerprint density at radius 2 is 1.34 bits per heavy atom. The minimum absolute atomic E-state index is 0.000925. The molecule has 3 aromatic carbocycles. The minimum atomic E-state index is -0.926. The zero-order valence-corrected chi connectivity index (χ0v) is 16.0. The van der Waals surface area contributed by atoms with Crippen LogP contribution in [0, 0.1) is 0 Å². The number of carboxylic acid groups (broad SMARTS) is 1. The third-order valence-corrected chi connectivity index (χ3v) is 5.48. The fourth-order valence-corrected chi connectivity index (χ4v) is 4.12. The van der Waals surface area contributed by atoms with Gasteiger partial charge in [0.25, 0.3) is 0 Å². The number of hydrogen-bond acceptors (Lipinski definition) is 3. The highest BCUT2D eigenvalue weighted by Crippen LogP contribution is 2.44. The van der Waals surface area contributed by atoms with Crippen LogP contribution in [-0.4, -0.2) is 23.7 Å². The van der Waals surface area contributed by atoms with Crippen molar-refractivity contribution in [3.63, 3.8) is 0 Å². The predicted octanol–water partition coefficient (Wildman–Crippen LogP) is 4.99. The van der Waals surface area contributed by atoms with Crippen LogP contribution in [0.2, 0.25) is 0 Å². The summed E-state index contributed by atoms with van der Waals surface area (Å²) < 4.78 is 5.64. The maximum absolute atomic E-state index is 12.6. The van der Waals surface area contributed by atoms with Crippen LogP contribution in [0.4, 0.5) is 0 Å². The third-order valence-electron chi connectivity index (χ3n) is 5.48. The number of esters is 1. The molecule has 1 aliphatic rings. The van der Waals surface area contributed by atoms with E-state index < -0.39 is 11.9 Å². The van der Waals surface area contributed by atoms with E-state index in [1.54, 1.807) is 0 Å². The quantitative estimate of drug-likeness (QED) is 0.581. The second-order valence-electron chi connectivity index (χ2n) is 7.32. The van der Waals surface area contributed by atoms with Crippen LogP contribution < -0.4 is 0 Å². The molecule has 0 heterocycles. The molecule has 4 heteroatoms. The SMILES string of the molecule is O=C(O)C[C@H](CC(=O)OCC1c2ccccc2-c2ccccc21)c1ccccc1. The van der Waals surface area contributed by atoms with Gasteiger partial charge in [0.15, 0.2) is 0 Å². The molecule has 0 saturated heterocycles. The van der Waals surface area contributed by atoms with Crippen molar-refractivity contribution in [1.82, 2.24) is 0 Å². The van der Waals surface area contributed by atoms with Crippen LogP contribution in [0.5, 0.6) is 0 Å². The molecule has 0 fully saturated rings. The van der Waals surface area contributed by atoms with E-state index in [0.29, 0.717) is 0 Å². The maximum atomic E-state index is 12.6. The first-order chi connectivity index (χ1) is 14.1. The van der Waals surface area contributed by atoms with Gasteiger partial charge in [-0.25, -0.2) is 0 Å². The molecule has 0 aliphatic heterocycles. The Bertz CT molecular complexity index is 980. The van der Waals surface area contributed by atoms with Gasteiger partial charge in [-0.1, -0.05) is 78.9 Å². The van der Waals surface area contributed by atoms with E-state index >= 15 is 0 Å². The Morgan fingerprint density at radius 3 is 1.93 bits per heavy atom. The van der Waals surface area contributed by atoms with E-state index in [1.165, 1.54) is 11.1 Å². The fourth-order valence-electron chi connectivity index (χ4n) is 4.12. The van der Waals surface area contributed by atoms with Gasteiger partial charge < -0.3 is 9.84 Å². The van der Waals surface area contributed by atoms with E-state index in [0.717, 1.165) is 16.7 Å². The van der Waals surface area contributed by atoms with Crippen molar-refractivity contribution in [2.24, 2.45) is 0 Å². The van der Waals surface area contributed by atoms with Crippen molar-refractivity contribution in [3.8, 4) is 11.1 Å². The van der Waals surface area contributed by atoms with Crippen LogP contribution in [0.1, 0.15) is 41.4 Å². The average molecular weight is 386 g/mol. The molecule has 1 aliphatic carbocycles. The molecular weight excluding hydrogens is 364 g/mol. The zero-order chi connectivity index (χ0) is 20.2. The number of aliphatic carboxylic acids is 1. The number of carbonyl (C=O) groups excluding carboxylic acids is 1. The third kappa shape index (κ3) is 4.06. The molecule has 0 unspecified atom stereocenters. The summed E-state index contributed by atoms with van der Waals surface area (Å²) in [4.78, 5) is 23.8. The number of fused-ring (bicyclic) bond motifs is 3. The average Bonchev–Trinajstić information content (AvgIpc) is 3.06. The highest BCUT2D eigenvalue weighted by molar-refractivity contribution is 5.79. The Kier molecular flexibility index (Phi) is 5.43. The van der Waals surface area contributed by atoms with E-state index in [9.17, 15) is 14.7 Å². The van der Waals surface area contributed by atoms with Gasteiger partial charge in [-0.2, -0.15) is 0 Å². The van der Waals surface area contributed by atoms with Crippen LogP contribution in [0.25, 0.3) is 11.1 Å². The molecule has 3 aromatic rings. The lowest BCUT2D eigenvalue weighted by atomic mass is 9.92. The maximum Gasteiger partial charge on any atom is 0.306 e. The van der Waals surface area contributed by atoms with Crippen LogP contribution in [0.3, 0.4) is 0 Å². The van der Waals surface area contributed by atoms with Crippen LogP contribution in [-0.2, 0) is 14.3 Å². The van der Waals surface area contributed by atoms with Crippen molar-refractivity contribution < 1.29 is 19.4 Å². The summed E-state index contributed by atoms with van der Waals surface area (Å²) in [7, 11) is 0. The Balaban J connectivity index is 1.47. The van der Waals surface area contributed by atoms with Gasteiger partial charge in [-0.15, -0.1) is 0 Å². The first-order valence-electron chi connectivity index (χ1n) is 9.74. The van der Waals surface area contributed by atoms with Crippen molar-refractivity contribution in [2.45, 2.75) is 24.7 Å². The number of hydrogen-bond donors (Lipinski definition) is 1. The van der Waals surface area contributed by atoms with Gasteiger partial charge in [0.1, 0.15) is 6.61 Å². The number of carboxylic acids is 1. The summed E-state index contributed by atoms with van der Waals surface area (Å²) >= 11 is 0. The molecule has 1 N–H and O–H groups in total. The lowest BCUT2D eigenvalue weighted by molar-refractivity contribution is -0.144. The van der Waals surface area contributed by atoms with E-state index in [1.807, 2.05) is 54.6 Å². The van der Waals surface area contributed by atoms with Gasteiger partial charge in [0, 0.05) is 11.8 Å².